The molecule has 0 fully saturated rings. The Balaban J connectivity index is 2.35. The van der Waals surface area contributed by atoms with E-state index in [0.717, 1.165) is 18.2 Å². The molecule has 1 amide bonds. The van der Waals surface area contributed by atoms with Crippen molar-refractivity contribution in [1.82, 2.24) is 4.98 Å². The van der Waals surface area contributed by atoms with Crippen molar-refractivity contribution in [2.24, 2.45) is 10.9 Å². The molecule has 0 atom stereocenters. The maximum atomic E-state index is 13.2. The standard InChI is InChI=1S/C13H11FN4O3/c14-8-1-2-10(9(6-8)12(15)18-21)17-13(20)7-3-4-16-11(19)5-7/h1-6,21H,(H2,15,18)(H,16,19)(H,17,20). The molecule has 8 heteroatoms. The zero-order valence-electron chi connectivity index (χ0n) is 10.6. The Kier molecular flexibility index (Phi) is 3.98. The average molecular weight is 290 g/mol. The first-order chi connectivity index (χ1) is 10.0. The number of oxime groups is 1. The molecule has 0 saturated carbocycles. The van der Waals surface area contributed by atoms with Crippen LogP contribution in [0, 0.1) is 5.82 Å². The van der Waals surface area contributed by atoms with Gasteiger partial charge in [0, 0.05) is 23.4 Å². The minimum atomic E-state index is -0.606. The summed E-state index contributed by atoms with van der Waals surface area (Å²) >= 11 is 0. The van der Waals surface area contributed by atoms with Crippen LogP contribution in [0.1, 0.15) is 15.9 Å². The zero-order valence-corrected chi connectivity index (χ0v) is 10.6. The van der Waals surface area contributed by atoms with E-state index >= 15 is 0 Å². The number of nitrogens with zero attached hydrogens (tertiary/aromatic N) is 1. The van der Waals surface area contributed by atoms with Crippen LogP contribution in [0.4, 0.5) is 10.1 Å². The lowest BCUT2D eigenvalue weighted by Gasteiger charge is -2.10. The topological polar surface area (TPSA) is 121 Å². The summed E-state index contributed by atoms with van der Waals surface area (Å²) in [6.07, 6.45) is 1.33. The van der Waals surface area contributed by atoms with Crippen LogP contribution in [0.15, 0.2) is 46.5 Å². The molecule has 108 valence electrons. The molecule has 1 heterocycles. The van der Waals surface area contributed by atoms with Gasteiger partial charge in [0.05, 0.1) is 5.69 Å². The fourth-order valence-corrected chi connectivity index (χ4v) is 1.67. The summed E-state index contributed by atoms with van der Waals surface area (Å²) in [5, 5.41) is 13.9. The molecule has 5 N–H and O–H groups in total. The summed E-state index contributed by atoms with van der Waals surface area (Å²) in [4.78, 5) is 25.5. The van der Waals surface area contributed by atoms with Gasteiger partial charge in [0.2, 0.25) is 5.56 Å². The third kappa shape index (κ3) is 3.24. The molecule has 7 nitrogen and oxygen atoms in total. The fourth-order valence-electron chi connectivity index (χ4n) is 1.67. The smallest absolute Gasteiger partial charge is 0.255 e. The van der Waals surface area contributed by atoms with Crippen LogP contribution in [-0.2, 0) is 0 Å². The average Bonchev–Trinajstić information content (AvgIpc) is 2.48. The molecule has 0 unspecified atom stereocenters. The Labute approximate surface area is 117 Å². The van der Waals surface area contributed by atoms with Crippen molar-refractivity contribution in [1.29, 1.82) is 0 Å². The number of nitrogens with two attached hydrogens (primary N) is 1. The van der Waals surface area contributed by atoms with E-state index in [2.05, 4.69) is 15.5 Å². The van der Waals surface area contributed by atoms with Crippen molar-refractivity contribution in [3.05, 3.63) is 63.8 Å². The number of hydrogen-bond acceptors (Lipinski definition) is 4. The van der Waals surface area contributed by atoms with Crippen molar-refractivity contribution in [3.8, 4) is 0 Å². The predicted molar refractivity (Wildman–Crippen MR) is 73.9 cm³/mol. The second kappa shape index (κ2) is 5.87. The summed E-state index contributed by atoms with van der Waals surface area (Å²) in [6.45, 7) is 0. The normalized spacial score (nSPS) is 11.2. The molecule has 0 aliphatic heterocycles. The number of rotatable bonds is 3. The summed E-state index contributed by atoms with van der Waals surface area (Å²) < 4.78 is 13.2. The second-order valence-electron chi connectivity index (χ2n) is 4.07. The van der Waals surface area contributed by atoms with E-state index in [1.165, 1.54) is 18.3 Å². The van der Waals surface area contributed by atoms with Gasteiger partial charge in [-0.1, -0.05) is 5.16 Å². The molecule has 21 heavy (non-hydrogen) atoms. The number of benzene rings is 1. The molecule has 1 aromatic carbocycles. The minimum absolute atomic E-state index is 0.0238. The van der Waals surface area contributed by atoms with Crippen molar-refractivity contribution in [3.63, 3.8) is 0 Å². The molecule has 0 saturated heterocycles. The largest absolute Gasteiger partial charge is 0.409 e. The van der Waals surface area contributed by atoms with E-state index in [1.807, 2.05) is 0 Å². The van der Waals surface area contributed by atoms with Gasteiger partial charge in [0.15, 0.2) is 5.84 Å². The highest BCUT2D eigenvalue weighted by molar-refractivity contribution is 6.09. The van der Waals surface area contributed by atoms with E-state index in [0.29, 0.717) is 0 Å². The molecule has 0 spiro atoms. The molecule has 0 bridgehead atoms. The first-order valence-corrected chi connectivity index (χ1v) is 5.79. The number of pyridine rings is 1. The maximum Gasteiger partial charge on any atom is 0.255 e. The molecule has 2 rings (SSSR count). The fraction of sp³-hybridized carbons (Fsp3) is 0. The number of carbonyl (C=O) groups is 1. The predicted octanol–water partition coefficient (Wildman–Crippen LogP) is 0.861. The lowest BCUT2D eigenvalue weighted by molar-refractivity contribution is 0.102. The lowest BCUT2D eigenvalue weighted by atomic mass is 10.1. The number of amides is 1. The molecule has 0 radical (unpaired) electrons. The Morgan fingerprint density at radius 2 is 2.10 bits per heavy atom. The van der Waals surface area contributed by atoms with Gasteiger partial charge in [-0.3, -0.25) is 9.59 Å². The van der Waals surface area contributed by atoms with Crippen molar-refractivity contribution >= 4 is 17.4 Å². The number of nitrogens with one attached hydrogen (secondary N) is 2. The van der Waals surface area contributed by atoms with Crippen molar-refractivity contribution < 1.29 is 14.4 Å². The van der Waals surface area contributed by atoms with Gasteiger partial charge in [-0.15, -0.1) is 0 Å². The van der Waals surface area contributed by atoms with Crippen LogP contribution in [0.2, 0.25) is 0 Å². The van der Waals surface area contributed by atoms with Crippen LogP contribution < -0.4 is 16.6 Å². The van der Waals surface area contributed by atoms with Gasteiger partial charge >= 0.3 is 0 Å². The Morgan fingerprint density at radius 1 is 1.33 bits per heavy atom. The molecular formula is C13H11FN4O3. The molecular weight excluding hydrogens is 279 g/mol. The minimum Gasteiger partial charge on any atom is -0.409 e. The van der Waals surface area contributed by atoms with Gasteiger partial charge in [0.25, 0.3) is 5.91 Å². The first-order valence-electron chi connectivity index (χ1n) is 5.79. The van der Waals surface area contributed by atoms with Gasteiger partial charge < -0.3 is 21.2 Å². The molecule has 1 aromatic heterocycles. The SMILES string of the molecule is N/C(=N/O)c1cc(F)ccc1NC(=O)c1cc[nH]c(=O)c1. The van der Waals surface area contributed by atoms with E-state index in [-0.39, 0.29) is 22.6 Å². The van der Waals surface area contributed by atoms with Crippen molar-refractivity contribution in [2.75, 3.05) is 5.32 Å². The molecule has 0 aliphatic rings. The van der Waals surface area contributed by atoms with Crippen LogP contribution in [0.5, 0.6) is 0 Å². The summed E-state index contributed by atoms with van der Waals surface area (Å²) in [6, 6.07) is 5.92. The quantitative estimate of drug-likeness (QED) is 0.290. The van der Waals surface area contributed by atoms with Gasteiger partial charge in [-0.25, -0.2) is 4.39 Å². The van der Waals surface area contributed by atoms with Crippen LogP contribution >= 0.6 is 0 Å². The third-order valence-corrected chi connectivity index (χ3v) is 2.65. The van der Waals surface area contributed by atoms with E-state index in [9.17, 15) is 14.0 Å². The summed E-state index contributed by atoms with van der Waals surface area (Å²) in [7, 11) is 0. The lowest BCUT2D eigenvalue weighted by Crippen LogP contribution is -2.20. The van der Waals surface area contributed by atoms with Crippen LogP contribution in [-0.4, -0.2) is 21.9 Å². The number of halogens is 1. The monoisotopic (exact) mass is 290 g/mol. The Hall–Kier alpha value is -3.16. The van der Waals surface area contributed by atoms with Crippen LogP contribution in [0.25, 0.3) is 0 Å². The van der Waals surface area contributed by atoms with Gasteiger partial charge in [-0.05, 0) is 24.3 Å². The van der Waals surface area contributed by atoms with E-state index in [4.69, 9.17) is 10.9 Å². The highest BCUT2D eigenvalue weighted by Crippen LogP contribution is 2.17. The number of hydrogen-bond donors (Lipinski definition) is 4. The summed E-state index contributed by atoms with van der Waals surface area (Å²) in [5.41, 5.74) is 5.29. The number of H-pyrrole nitrogens is 1. The van der Waals surface area contributed by atoms with Gasteiger partial charge in [0.1, 0.15) is 5.82 Å². The highest BCUT2D eigenvalue weighted by Gasteiger charge is 2.13. The third-order valence-electron chi connectivity index (χ3n) is 2.65. The van der Waals surface area contributed by atoms with E-state index < -0.39 is 17.3 Å². The number of amidine groups is 1. The zero-order chi connectivity index (χ0) is 15.4. The number of aromatic nitrogens is 1. The number of anilines is 1. The number of aromatic amines is 1. The maximum absolute atomic E-state index is 13.2. The number of carbonyl (C=O) groups excluding carboxylic acids is 1. The molecule has 0 aliphatic carbocycles. The van der Waals surface area contributed by atoms with E-state index in [1.54, 1.807) is 0 Å². The van der Waals surface area contributed by atoms with Crippen LogP contribution in [0.3, 0.4) is 0 Å². The summed E-state index contributed by atoms with van der Waals surface area (Å²) in [5.74, 6) is -1.54. The van der Waals surface area contributed by atoms with Crippen molar-refractivity contribution in [2.45, 2.75) is 0 Å². The second-order valence-corrected chi connectivity index (χ2v) is 4.07. The first kappa shape index (κ1) is 14.3. The molecule has 2 aromatic rings. The Morgan fingerprint density at radius 3 is 2.76 bits per heavy atom. The van der Waals surface area contributed by atoms with Gasteiger partial charge in [-0.2, -0.15) is 0 Å². The highest BCUT2D eigenvalue weighted by atomic mass is 19.1. The Bertz CT molecular complexity index is 770.